The monoisotopic (exact) mass is 221 g/mol. The van der Waals surface area contributed by atoms with Crippen LogP contribution in [0, 0.1) is 0 Å². The predicted octanol–water partition coefficient (Wildman–Crippen LogP) is 1.94. The van der Waals surface area contributed by atoms with Crippen LogP contribution in [-0.4, -0.2) is 19.4 Å². The highest BCUT2D eigenvalue weighted by Gasteiger charge is 1.97. The normalized spacial score (nSPS) is 10.1. The zero-order chi connectivity index (χ0) is 11.6. The topological polar surface area (TPSA) is 52.3 Å². The van der Waals surface area contributed by atoms with Gasteiger partial charge in [-0.05, 0) is 43.5 Å². The molecule has 0 heterocycles. The van der Waals surface area contributed by atoms with E-state index < -0.39 is 0 Å². The van der Waals surface area contributed by atoms with Crippen LogP contribution in [0.3, 0.4) is 0 Å². The van der Waals surface area contributed by atoms with E-state index in [1.165, 1.54) is 5.56 Å². The maximum Gasteiger partial charge on any atom is 0.120 e. The molecule has 1 aromatic rings. The minimum absolute atomic E-state index is 0.562. The summed E-state index contributed by atoms with van der Waals surface area (Å²) in [4.78, 5) is 10.1. The summed E-state index contributed by atoms with van der Waals surface area (Å²) in [7, 11) is 0. The molecule has 0 aliphatic carbocycles. The van der Waals surface area contributed by atoms with Crippen LogP contribution in [0.2, 0.25) is 0 Å². The van der Waals surface area contributed by atoms with Gasteiger partial charge in [0.05, 0.1) is 6.61 Å². The van der Waals surface area contributed by atoms with Gasteiger partial charge in [-0.15, -0.1) is 0 Å². The van der Waals surface area contributed by atoms with Gasteiger partial charge in [0.1, 0.15) is 12.0 Å². The molecule has 0 aliphatic heterocycles. The Bertz CT molecular complexity index is 313. The van der Waals surface area contributed by atoms with Crippen molar-refractivity contribution < 1.29 is 9.53 Å². The molecule has 0 spiro atoms. The zero-order valence-electron chi connectivity index (χ0n) is 9.52. The average molecular weight is 221 g/mol. The molecule has 1 rings (SSSR count). The van der Waals surface area contributed by atoms with E-state index in [4.69, 9.17) is 10.5 Å². The first kappa shape index (κ1) is 12.7. The van der Waals surface area contributed by atoms with E-state index in [1.54, 1.807) is 0 Å². The summed E-state index contributed by atoms with van der Waals surface area (Å²) >= 11 is 0. The summed E-state index contributed by atoms with van der Waals surface area (Å²) in [6.07, 6.45) is 4.24. The molecular weight excluding hydrogens is 202 g/mol. The van der Waals surface area contributed by atoms with Crippen molar-refractivity contribution in [3.63, 3.8) is 0 Å². The Morgan fingerprint density at radius 3 is 2.94 bits per heavy atom. The highest BCUT2D eigenvalue weighted by Crippen LogP contribution is 2.14. The van der Waals surface area contributed by atoms with Crippen LogP contribution in [0.4, 0.5) is 0 Å². The second kappa shape index (κ2) is 7.88. The third-order valence-electron chi connectivity index (χ3n) is 2.30. The number of benzene rings is 1. The molecule has 0 bridgehead atoms. The van der Waals surface area contributed by atoms with Crippen molar-refractivity contribution in [1.29, 1.82) is 0 Å². The van der Waals surface area contributed by atoms with E-state index >= 15 is 0 Å². The van der Waals surface area contributed by atoms with Gasteiger partial charge in [-0.1, -0.05) is 12.1 Å². The Hall–Kier alpha value is -1.35. The van der Waals surface area contributed by atoms with Crippen molar-refractivity contribution >= 4 is 6.29 Å². The molecule has 88 valence electrons. The van der Waals surface area contributed by atoms with Gasteiger partial charge in [0.25, 0.3) is 0 Å². The minimum atomic E-state index is 0.562. The maximum atomic E-state index is 10.1. The lowest BCUT2D eigenvalue weighted by Crippen LogP contribution is -2.01. The van der Waals surface area contributed by atoms with Gasteiger partial charge in [0.2, 0.25) is 0 Å². The highest BCUT2D eigenvalue weighted by atomic mass is 16.5. The Kier molecular flexibility index (Phi) is 6.26. The van der Waals surface area contributed by atoms with E-state index in [2.05, 4.69) is 6.07 Å². The SMILES string of the molecule is NCCCc1cccc(OCCCC=O)c1. The van der Waals surface area contributed by atoms with Crippen molar-refractivity contribution in [2.45, 2.75) is 25.7 Å². The quantitative estimate of drug-likeness (QED) is 0.539. The molecule has 0 aliphatic rings. The van der Waals surface area contributed by atoms with E-state index in [-0.39, 0.29) is 0 Å². The lowest BCUT2D eigenvalue weighted by Gasteiger charge is -2.07. The molecule has 0 unspecified atom stereocenters. The van der Waals surface area contributed by atoms with Crippen LogP contribution >= 0.6 is 0 Å². The standard InChI is InChI=1S/C13H19NO2/c14-8-4-6-12-5-3-7-13(11-12)16-10-2-1-9-15/h3,5,7,9,11H,1-2,4,6,8,10,14H2. The number of aldehydes is 1. The van der Waals surface area contributed by atoms with Crippen molar-refractivity contribution in [2.24, 2.45) is 5.73 Å². The molecule has 1 aromatic carbocycles. The van der Waals surface area contributed by atoms with Crippen LogP contribution in [0.25, 0.3) is 0 Å². The van der Waals surface area contributed by atoms with E-state index in [9.17, 15) is 4.79 Å². The number of nitrogens with two attached hydrogens (primary N) is 1. The van der Waals surface area contributed by atoms with Crippen molar-refractivity contribution in [2.75, 3.05) is 13.2 Å². The Morgan fingerprint density at radius 1 is 1.31 bits per heavy atom. The number of carbonyl (C=O) groups is 1. The molecule has 0 saturated carbocycles. The summed E-state index contributed by atoms with van der Waals surface area (Å²) in [5.41, 5.74) is 6.71. The summed E-state index contributed by atoms with van der Waals surface area (Å²) in [5, 5.41) is 0. The molecule has 2 N–H and O–H groups in total. The molecule has 16 heavy (non-hydrogen) atoms. The van der Waals surface area contributed by atoms with Gasteiger partial charge < -0.3 is 15.3 Å². The van der Waals surface area contributed by atoms with Gasteiger partial charge in [-0.2, -0.15) is 0 Å². The first-order valence-electron chi connectivity index (χ1n) is 5.72. The number of hydrogen-bond acceptors (Lipinski definition) is 3. The number of carbonyl (C=O) groups excluding carboxylic acids is 1. The third-order valence-corrected chi connectivity index (χ3v) is 2.30. The average Bonchev–Trinajstić information content (AvgIpc) is 2.33. The highest BCUT2D eigenvalue weighted by molar-refractivity contribution is 5.49. The molecule has 3 heteroatoms. The maximum absolute atomic E-state index is 10.1. The minimum Gasteiger partial charge on any atom is -0.494 e. The second-order valence-corrected chi connectivity index (χ2v) is 3.70. The molecule has 3 nitrogen and oxygen atoms in total. The molecule has 0 amide bonds. The number of rotatable bonds is 8. The Labute approximate surface area is 96.6 Å². The number of hydrogen-bond donors (Lipinski definition) is 1. The molecular formula is C13H19NO2. The fraction of sp³-hybridized carbons (Fsp3) is 0.462. The smallest absolute Gasteiger partial charge is 0.120 e. The van der Waals surface area contributed by atoms with Crippen LogP contribution < -0.4 is 10.5 Å². The van der Waals surface area contributed by atoms with Gasteiger partial charge in [-0.25, -0.2) is 0 Å². The van der Waals surface area contributed by atoms with Crippen LogP contribution in [0.5, 0.6) is 5.75 Å². The van der Waals surface area contributed by atoms with Crippen LogP contribution in [-0.2, 0) is 11.2 Å². The Balaban J connectivity index is 2.37. The summed E-state index contributed by atoms with van der Waals surface area (Å²) < 4.78 is 5.54. The molecule has 0 fully saturated rings. The fourth-order valence-corrected chi connectivity index (χ4v) is 1.45. The predicted molar refractivity (Wildman–Crippen MR) is 64.6 cm³/mol. The Morgan fingerprint density at radius 2 is 2.19 bits per heavy atom. The van der Waals surface area contributed by atoms with Crippen molar-refractivity contribution in [3.05, 3.63) is 29.8 Å². The third kappa shape index (κ3) is 4.94. The van der Waals surface area contributed by atoms with Gasteiger partial charge in [-0.3, -0.25) is 0 Å². The van der Waals surface area contributed by atoms with Gasteiger partial charge in [0.15, 0.2) is 0 Å². The van der Waals surface area contributed by atoms with E-state index in [0.717, 1.165) is 31.3 Å². The largest absolute Gasteiger partial charge is 0.494 e. The second-order valence-electron chi connectivity index (χ2n) is 3.70. The van der Waals surface area contributed by atoms with Gasteiger partial charge >= 0.3 is 0 Å². The molecule has 0 saturated heterocycles. The molecule has 0 radical (unpaired) electrons. The lowest BCUT2D eigenvalue weighted by molar-refractivity contribution is -0.108. The molecule has 0 atom stereocenters. The lowest BCUT2D eigenvalue weighted by atomic mass is 10.1. The van der Waals surface area contributed by atoms with E-state index in [0.29, 0.717) is 19.6 Å². The summed E-state index contributed by atoms with van der Waals surface area (Å²) in [5.74, 6) is 0.875. The number of unbranched alkanes of at least 4 members (excludes halogenated alkanes) is 1. The van der Waals surface area contributed by atoms with Crippen molar-refractivity contribution in [3.8, 4) is 5.75 Å². The first-order chi connectivity index (χ1) is 7.86. The van der Waals surface area contributed by atoms with Crippen molar-refractivity contribution in [1.82, 2.24) is 0 Å². The molecule has 0 aromatic heterocycles. The summed E-state index contributed by atoms with van der Waals surface area (Å²) in [6, 6.07) is 8.04. The summed E-state index contributed by atoms with van der Waals surface area (Å²) in [6.45, 7) is 1.31. The number of aryl methyl sites for hydroxylation is 1. The van der Waals surface area contributed by atoms with Crippen LogP contribution in [0.1, 0.15) is 24.8 Å². The van der Waals surface area contributed by atoms with Gasteiger partial charge in [0, 0.05) is 6.42 Å². The number of ether oxygens (including phenoxy) is 1. The zero-order valence-corrected chi connectivity index (χ0v) is 9.52. The first-order valence-corrected chi connectivity index (χ1v) is 5.72. The van der Waals surface area contributed by atoms with Crippen LogP contribution in [0.15, 0.2) is 24.3 Å². The van der Waals surface area contributed by atoms with E-state index in [1.807, 2.05) is 18.2 Å². The fourth-order valence-electron chi connectivity index (χ4n) is 1.45.